The van der Waals surface area contributed by atoms with Crippen molar-refractivity contribution in [3.63, 3.8) is 0 Å². The largest absolute Gasteiger partial charge is 0.338 e. The van der Waals surface area contributed by atoms with Crippen LogP contribution in [0.4, 0.5) is 20.3 Å². The van der Waals surface area contributed by atoms with Crippen LogP contribution in [0.1, 0.15) is 25.6 Å². The maximum absolute atomic E-state index is 13.6. The van der Waals surface area contributed by atoms with Gasteiger partial charge in [0.25, 0.3) is 0 Å². The third-order valence-corrected chi connectivity index (χ3v) is 2.85. The highest BCUT2D eigenvalue weighted by atomic mass is 79.9. The summed E-state index contributed by atoms with van der Waals surface area (Å²) in [6.07, 6.45) is 0. The van der Waals surface area contributed by atoms with E-state index in [0.29, 0.717) is 16.2 Å². The molecule has 3 nitrogen and oxygen atoms in total. The molecule has 100 valence electrons. The average Bonchev–Trinajstić information content (AvgIpc) is 2.34. The summed E-state index contributed by atoms with van der Waals surface area (Å²) in [6.45, 7) is 3.91. The zero-order valence-corrected chi connectivity index (χ0v) is 12.0. The second kappa shape index (κ2) is 5.61. The Balaban J connectivity index is 2.35. The lowest BCUT2D eigenvalue weighted by atomic mass is 10.2. The average molecular weight is 328 g/mol. The number of anilines is 2. The lowest BCUT2D eigenvalue weighted by molar-refractivity contribution is 0.511. The Labute approximate surface area is 118 Å². The summed E-state index contributed by atoms with van der Waals surface area (Å²) in [7, 11) is 0. The molecule has 1 aromatic heterocycles. The lowest BCUT2D eigenvalue weighted by Gasteiger charge is -2.10. The first-order valence-electron chi connectivity index (χ1n) is 5.73. The van der Waals surface area contributed by atoms with Crippen LogP contribution >= 0.6 is 15.9 Å². The molecule has 0 spiro atoms. The van der Waals surface area contributed by atoms with Crippen LogP contribution in [0.25, 0.3) is 0 Å². The Morgan fingerprint density at radius 3 is 2.63 bits per heavy atom. The first-order valence-corrected chi connectivity index (χ1v) is 6.52. The van der Waals surface area contributed by atoms with E-state index in [1.165, 1.54) is 12.1 Å². The van der Waals surface area contributed by atoms with Crippen molar-refractivity contribution in [1.82, 2.24) is 9.97 Å². The van der Waals surface area contributed by atoms with E-state index in [0.717, 1.165) is 6.07 Å². The zero-order valence-electron chi connectivity index (χ0n) is 10.4. The summed E-state index contributed by atoms with van der Waals surface area (Å²) in [5.41, 5.74) is 0.0420. The Hall–Kier alpha value is -1.56. The lowest BCUT2D eigenvalue weighted by Crippen LogP contribution is -2.03. The molecule has 0 amide bonds. The van der Waals surface area contributed by atoms with Crippen molar-refractivity contribution in [2.45, 2.75) is 19.8 Å². The van der Waals surface area contributed by atoms with E-state index in [4.69, 9.17) is 0 Å². The Bertz CT molecular complexity index is 602. The van der Waals surface area contributed by atoms with Gasteiger partial charge in [-0.1, -0.05) is 19.9 Å². The molecule has 6 heteroatoms. The molecular formula is C13H12BrF2N3. The van der Waals surface area contributed by atoms with Crippen LogP contribution in [0.3, 0.4) is 0 Å². The van der Waals surface area contributed by atoms with E-state index in [9.17, 15) is 8.78 Å². The third-order valence-electron chi connectivity index (χ3n) is 2.44. The standard InChI is InChI=1S/C13H12BrF2N3/c1-7(2)13-18-10(14)6-11(19-13)17-9-5-3-4-8(15)12(9)16/h3-7H,1-2H3,(H,17,18,19). The minimum atomic E-state index is -0.927. The zero-order chi connectivity index (χ0) is 14.0. The molecule has 1 heterocycles. The predicted octanol–water partition coefficient (Wildman–Crippen LogP) is 4.38. The molecule has 0 unspecified atom stereocenters. The van der Waals surface area contributed by atoms with Crippen LogP contribution in [-0.4, -0.2) is 9.97 Å². The quantitative estimate of drug-likeness (QED) is 0.850. The normalized spacial score (nSPS) is 10.8. The molecule has 0 saturated carbocycles. The summed E-state index contributed by atoms with van der Waals surface area (Å²) in [5, 5.41) is 2.75. The van der Waals surface area contributed by atoms with Gasteiger partial charge in [-0.3, -0.25) is 0 Å². The maximum atomic E-state index is 13.6. The second-order valence-electron chi connectivity index (χ2n) is 4.32. The number of aromatic nitrogens is 2. The second-order valence-corrected chi connectivity index (χ2v) is 5.13. The van der Waals surface area contributed by atoms with Crippen LogP contribution < -0.4 is 5.32 Å². The first kappa shape index (κ1) is 13.9. The van der Waals surface area contributed by atoms with Gasteiger partial charge in [0, 0.05) is 12.0 Å². The Morgan fingerprint density at radius 2 is 1.95 bits per heavy atom. The molecule has 19 heavy (non-hydrogen) atoms. The van der Waals surface area contributed by atoms with Crippen molar-refractivity contribution >= 4 is 27.4 Å². The molecule has 2 rings (SSSR count). The Morgan fingerprint density at radius 1 is 1.21 bits per heavy atom. The van der Waals surface area contributed by atoms with Crippen molar-refractivity contribution in [1.29, 1.82) is 0 Å². The fraction of sp³-hybridized carbons (Fsp3) is 0.231. The van der Waals surface area contributed by atoms with Gasteiger partial charge in [0.05, 0.1) is 5.69 Å². The minimum Gasteiger partial charge on any atom is -0.338 e. The van der Waals surface area contributed by atoms with Gasteiger partial charge >= 0.3 is 0 Å². The van der Waals surface area contributed by atoms with Gasteiger partial charge in [0.15, 0.2) is 11.6 Å². The van der Waals surface area contributed by atoms with E-state index in [1.807, 2.05) is 13.8 Å². The summed E-state index contributed by atoms with van der Waals surface area (Å²) in [4.78, 5) is 8.47. The number of rotatable bonds is 3. The minimum absolute atomic E-state index is 0.0420. The number of benzene rings is 1. The molecule has 1 aromatic carbocycles. The number of nitrogens with zero attached hydrogens (tertiary/aromatic N) is 2. The monoisotopic (exact) mass is 327 g/mol. The van der Waals surface area contributed by atoms with Gasteiger partial charge in [-0.15, -0.1) is 0 Å². The maximum Gasteiger partial charge on any atom is 0.182 e. The highest BCUT2D eigenvalue weighted by Crippen LogP contribution is 2.23. The molecule has 0 bridgehead atoms. The number of hydrogen-bond donors (Lipinski definition) is 1. The summed E-state index contributed by atoms with van der Waals surface area (Å²) < 4.78 is 27.3. The van der Waals surface area contributed by atoms with Gasteiger partial charge in [0.1, 0.15) is 16.2 Å². The van der Waals surface area contributed by atoms with Crippen LogP contribution in [-0.2, 0) is 0 Å². The first-order chi connectivity index (χ1) is 8.97. The molecule has 0 fully saturated rings. The molecular weight excluding hydrogens is 316 g/mol. The fourth-order valence-electron chi connectivity index (χ4n) is 1.50. The molecule has 0 saturated heterocycles. The van der Waals surface area contributed by atoms with E-state index in [1.54, 1.807) is 6.07 Å². The fourth-order valence-corrected chi connectivity index (χ4v) is 1.89. The number of nitrogens with one attached hydrogen (secondary N) is 1. The third kappa shape index (κ3) is 3.26. The van der Waals surface area contributed by atoms with Crippen LogP contribution in [0.15, 0.2) is 28.9 Å². The molecule has 0 aliphatic carbocycles. The van der Waals surface area contributed by atoms with Crippen molar-refractivity contribution in [3.05, 3.63) is 46.3 Å². The van der Waals surface area contributed by atoms with E-state index < -0.39 is 11.6 Å². The van der Waals surface area contributed by atoms with Gasteiger partial charge < -0.3 is 5.32 Å². The molecule has 0 atom stereocenters. The highest BCUT2D eigenvalue weighted by molar-refractivity contribution is 9.10. The van der Waals surface area contributed by atoms with E-state index >= 15 is 0 Å². The summed E-state index contributed by atoms with van der Waals surface area (Å²) in [5.74, 6) is -0.662. The SMILES string of the molecule is CC(C)c1nc(Br)cc(Nc2cccc(F)c2F)n1. The van der Waals surface area contributed by atoms with Gasteiger partial charge in [0.2, 0.25) is 0 Å². The predicted molar refractivity (Wildman–Crippen MR) is 73.5 cm³/mol. The molecule has 2 aromatic rings. The Kier molecular flexibility index (Phi) is 4.09. The van der Waals surface area contributed by atoms with Crippen LogP contribution in [0, 0.1) is 11.6 Å². The van der Waals surface area contributed by atoms with Crippen molar-refractivity contribution in [3.8, 4) is 0 Å². The van der Waals surface area contributed by atoms with Gasteiger partial charge in [-0.2, -0.15) is 0 Å². The van der Waals surface area contributed by atoms with Crippen LogP contribution in [0.5, 0.6) is 0 Å². The van der Waals surface area contributed by atoms with Gasteiger partial charge in [-0.05, 0) is 28.1 Å². The number of hydrogen-bond acceptors (Lipinski definition) is 3. The summed E-state index contributed by atoms with van der Waals surface area (Å²) in [6, 6.07) is 5.55. The topological polar surface area (TPSA) is 37.8 Å². The molecule has 0 aliphatic heterocycles. The molecule has 0 radical (unpaired) electrons. The highest BCUT2D eigenvalue weighted by Gasteiger charge is 2.11. The smallest absolute Gasteiger partial charge is 0.182 e. The van der Waals surface area contributed by atoms with Crippen molar-refractivity contribution in [2.75, 3.05) is 5.32 Å². The van der Waals surface area contributed by atoms with E-state index in [-0.39, 0.29) is 11.6 Å². The van der Waals surface area contributed by atoms with Crippen LogP contribution in [0.2, 0.25) is 0 Å². The van der Waals surface area contributed by atoms with Gasteiger partial charge in [-0.25, -0.2) is 18.7 Å². The van der Waals surface area contributed by atoms with E-state index in [2.05, 4.69) is 31.2 Å². The van der Waals surface area contributed by atoms with Crippen molar-refractivity contribution < 1.29 is 8.78 Å². The summed E-state index contributed by atoms with van der Waals surface area (Å²) >= 11 is 3.27. The molecule has 1 N–H and O–H groups in total. The number of halogens is 3. The van der Waals surface area contributed by atoms with Crippen molar-refractivity contribution in [2.24, 2.45) is 0 Å². The molecule has 0 aliphatic rings.